The first-order valence-electron chi connectivity index (χ1n) is 9.24. The fourth-order valence-corrected chi connectivity index (χ4v) is 3.27. The number of nitrogens with zero attached hydrogens (tertiary/aromatic N) is 2. The van der Waals surface area contributed by atoms with Crippen LogP contribution in [-0.2, 0) is 0 Å². The number of H-pyrrole nitrogens is 1. The summed E-state index contributed by atoms with van der Waals surface area (Å²) in [5.41, 5.74) is 5.96. The molecule has 2 aromatic rings. The molecule has 0 unspecified atom stereocenters. The van der Waals surface area contributed by atoms with Gasteiger partial charge in [-0.15, -0.1) is 0 Å². The van der Waals surface area contributed by atoms with Gasteiger partial charge in [0.05, 0.1) is 17.5 Å². The summed E-state index contributed by atoms with van der Waals surface area (Å²) in [7, 11) is 0. The topological polar surface area (TPSA) is 58.6 Å². The van der Waals surface area contributed by atoms with Crippen molar-refractivity contribution in [3.05, 3.63) is 53.0 Å². The first-order valence-corrected chi connectivity index (χ1v) is 9.24. The zero-order chi connectivity index (χ0) is 18.9. The molecule has 0 amide bonds. The van der Waals surface area contributed by atoms with Crippen LogP contribution in [0, 0.1) is 5.41 Å². The largest absolute Gasteiger partial charge is 0.344 e. The Hall–Kier alpha value is -2.49. The molecule has 0 spiro atoms. The number of Topliss-reactive ketones (excluding diaryl/α,β-unsaturated/α-hetero) is 1. The van der Waals surface area contributed by atoms with Gasteiger partial charge in [0.15, 0.2) is 11.4 Å². The molecular formula is C22H27N3O. The maximum absolute atomic E-state index is 12.7. The molecule has 1 N–H and O–H groups in total. The van der Waals surface area contributed by atoms with Crippen LogP contribution >= 0.6 is 0 Å². The molecule has 4 heteroatoms. The molecule has 0 aromatic carbocycles. The molecule has 3 rings (SSSR count). The first kappa shape index (κ1) is 18.3. The molecule has 0 fully saturated rings. The summed E-state index contributed by atoms with van der Waals surface area (Å²) in [6.07, 6.45) is 13.6. The highest BCUT2D eigenvalue weighted by Crippen LogP contribution is 2.29. The highest BCUT2D eigenvalue weighted by atomic mass is 16.1. The highest BCUT2D eigenvalue weighted by molar-refractivity contribution is 6.08. The molecular weight excluding hydrogens is 322 g/mol. The van der Waals surface area contributed by atoms with Gasteiger partial charge in [-0.3, -0.25) is 4.79 Å². The van der Waals surface area contributed by atoms with Crippen LogP contribution in [0.2, 0.25) is 0 Å². The van der Waals surface area contributed by atoms with Gasteiger partial charge in [-0.1, -0.05) is 32.9 Å². The summed E-state index contributed by atoms with van der Waals surface area (Å²) in [6.45, 7) is 9.92. The number of allylic oxidation sites excluding steroid dienone is 6. The predicted octanol–water partition coefficient (Wildman–Crippen LogP) is 5.65. The van der Waals surface area contributed by atoms with E-state index in [-0.39, 0.29) is 5.78 Å². The third kappa shape index (κ3) is 3.55. The van der Waals surface area contributed by atoms with E-state index in [4.69, 9.17) is 4.98 Å². The van der Waals surface area contributed by atoms with Gasteiger partial charge in [0.1, 0.15) is 5.52 Å². The SMILES string of the molecule is C/C=C(\C=C(/C)C1=CCCC1)c1cnc2[nH]cc(C(=O)C(C)(C)C)c2n1. The number of aromatic nitrogens is 3. The average Bonchev–Trinajstić information content (AvgIpc) is 3.27. The number of carbonyl (C=O) groups is 1. The van der Waals surface area contributed by atoms with E-state index < -0.39 is 5.41 Å². The Morgan fingerprint density at radius 2 is 2.08 bits per heavy atom. The molecule has 2 aromatic heterocycles. The Bertz CT molecular complexity index is 936. The van der Waals surface area contributed by atoms with Gasteiger partial charge in [0, 0.05) is 11.6 Å². The minimum Gasteiger partial charge on any atom is -0.344 e. The Labute approximate surface area is 155 Å². The van der Waals surface area contributed by atoms with Crippen LogP contribution in [0.1, 0.15) is 69.9 Å². The van der Waals surface area contributed by atoms with E-state index in [9.17, 15) is 4.79 Å². The molecule has 1 aliphatic rings. The third-order valence-electron chi connectivity index (χ3n) is 4.83. The molecule has 26 heavy (non-hydrogen) atoms. The van der Waals surface area contributed by atoms with Crippen molar-refractivity contribution in [3.63, 3.8) is 0 Å². The van der Waals surface area contributed by atoms with Gasteiger partial charge in [0.2, 0.25) is 0 Å². The van der Waals surface area contributed by atoms with Crippen molar-refractivity contribution >= 4 is 22.5 Å². The van der Waals surface area contributed by atoms with Crippen LogP contribution in [0.5, 0.6) is 0 Å². The Morgan fingerprint density at radius 3 is 2.69 bits per heavy atom. The molecule has 0 atom stereocenters. The fourth-order valence-electron chi connectivity index (χ4n) is 3.27. The molecule has 0 aliphatic heterocycles. The van der Waals surface area contributed by atoms with E-state index in [0.29, 0.717) is 16.7 Å². The molecule has 0 saturated carbocycles. The summed E-state index contributed by atoms with van der Waals surface area (Å²) in [6, 6.07) is 0. The lowest BCUT2D eigenvalue weighted by Gasteiger charge is -2.15. The first-order chi connectivity index (χ1) is 12.3. The monoisotopic (exact) mass is 349 g/mol. The highest BCUT2D eigenvalue weighted by Gasteiger charge is 2.26. The van der Waals surface area contributed by atoms with Gasteiger partial charge in [-0.05, 0) is 55.9 Å². The number of aromatic amines is 1. The van der Waals surface area contributed by atoms with Gasteiger partial charge in [0.25, 0.3) is 0 Å². The molecule has 136 valence electrons. The number of hydrogen-bond donors (Lipinski definition) is 1. The maximum atomic E-state index is 12.7. The van der Waals surface area contributed by atoms with Crippen molar-refractivity contribution in [1.29, 1.82) is 0 Å². The third-order valence-corrected chi connectivity index (χ3v) is 4.83. The quantitative estimate of drug-likeness (QED) is 0.573. The summed E-state index contributed by atoms with van der Waals surface area (Å²) < 4.78 is 0. The van der Waals surface area contributed by atoms with Crippen LogP contribution in [0.15, 0.2) is 41.8 Å². The second kappa shape index (κ2) is 7.02. The van der Waals surface area contributed by atoms with Gasteiger partial charge in [-0.25, -0.2) is 9.97 Å². The minimum atomic E-state index is -0.457. The zero-order valence-electron chi connectivity index (χ0n) is 16.3. The Morgan fingerprint density at radius 1 is 1.31 bits per heavy atom. The van der Waals surface area contributed by atoms with Crippen LogP contribution in [-0.4, -0.2) is 20.7 Å². The number of hydrogen-bond acceptors (Lipinski definition) is 3. The lowest BCUT2D eigenvalue weighted by molar-refractivity contribution is 0.0860. The van der Waals surface area contributed by atoms with Crippen LogP contribution in [0.3, 0.4) is 0 Å². The lowest BCUT2D eigenvalue weighted by Crippen LogP contribution is -2.20. The van der Waals surface area contributed by atoms with Crippen LogP contribution in [0.25, 0.3) is 16.7 Å². The molecule has 0 saturated heterocycles. The predicted molar refractivity (Wildman–Crippen MR) is 107 cm³/mol. The second-order valence-electron chi connectivity index (χ2n) is 7.93. The molecule has 0 radical (unpaired) electrons. The van der Waals surface area contributed by atoms with E-state index in [1.807, 2.05) is 33.8 Å². The van der Waals surface area contributed by atoms with E-state index in [0.717, 1.165) is 17.7 Å². The molecule has 0 bridgehead atoms. The standard InChI is InChI=1S/C22H27N3O/c1-6-15(11-14(2)16-9-7-8-10-16)18-13-24-21-19(25-18)17(12-23-21)20(26)22(3,4)5/h6,9,11-13H,7-8,10H2,1-5H3,(H,23,24)/b14-11+,15-6+. The number of carbonyl (C=O) groups excluding carboxylic acids is 1. The van der Waals surface area contributed by atoms with Crippen LogP contribution < -0.4 is 0 Å². The lowest BCUT2D eigenvalue weighted by atomic mass is 9.87. The molecule has 1 aliphatic carbocycles. The van der Waals surface area contributed by atoms with Crippen molar-refractivity contribution in [2.75, 3.05) is 0 Å². The van der Waals surface area contributed by atoms with Crippen molar-refractivity contribution in [3.8, 4) is 0 Å². The molecule has 4 nitrogen and oxygen atoms in total. The summed E-state index contributed by atoms with van der Waals surface area (Å²) in [5.74, 6) is 0.0695. The van der Waals surface area contributed by atoms with Gasteiger partial charge >= 0.3 is 0 Å². The maximum Gasteiger partial charge on any atom is 0.171 e. The zero-order valence-corrected chi connectivity index (χ0v) is 16.3. The minimum absolute atomic E-state index is 0.0695. The smallest absolute Gasteiger partial charge is 0.171 e. The normalized spacial score (nSPS) is 16.3. The van der Waals surface area contributed by atoms with Crippen molar-refractivity contribution in [2.24, 2.45) is 5.41 Å². The van der Waals surface area contributed by atoms with Gasteiger partial charge in [-0.2, -0.15) is 0 Å². The van der Waals surface area contributed by atoms with E-state index in [1.165, 1.54) is 24.0 Å². The van der Waals surface area contributed by atoms with E-state index in [2.05, 4.69) is 29.0 Å². The summed E-state index contributed by atoms with van der Waals surface area (Å²) in [4.78, 5) is 25.1. The second-order valence-corrected chi connectivity index (χ2v) is 7.93. The van der Waals surface area contributed by atoms with Crippen molar-refractivity contribution < 1.29 is 4.79 Å². The van der Waals surface area contributed by atoms with Crippen molar-refractivity contribution in [1.82, 2.24) is 15.0 Å². The Balaban J connectivity index is 2.02. The van der Waals surface area contributed by atoms with E-state index in [1.54, 1.807) is 12.4 Å². The fraction of sp³-hybridized carbons (Fsp3) is 0.409. The average molecular weight is 349 g/mol. The van der Waals surface area contributed by atoms with Crippen molar-refractivity contribution in [2.45, 2.75) is 53.9 Å². The number of ketones is 1. The number of nitrogens with one attached hydrogen (secondary N) is 1. The van der Waals surface area contributed by atoms with Gasteiger partial charge < -0.3 is 4.98 Å². The summed E-state index contributed by atoms with van der Waals surface area (Å²) >= 11 is 0. The number of rotatable bonds is 4. The molecule has 2 heterocycles. The summed E-state index contributed by atoms with van der Waals surface area (Å²) in [5, 5.41) is 0. The number of fused-ring (bicyclic) bond motifs is 1. The van der Waals surface area contributed by atoms with Crippen LogP contribution in [0.4, 0.5) is 0 Å². The Kier molecular flexibility index (Phi) is 4.94. The van der Waals surface area contributed by atoms with E-state index >= 15 is 0 Å².